The standard InChI is InChI=1S/C15H20N4O/c1-5-16-14-9-15(18-11(3)17-14)19-12-8-10(2)6-7-13(12)20-4/h6-9H,5H2,1-4H3,(H2,16,17,18,19). The number of ether oxygens (including phenoxy) is 1. The van der Waals surface area contributed by atoms with Gasteiger partial charge in [-0.1, -0.05) is 6.07 Å². The summed E-state index contributed by atoms with van der Waals surface area (Å²) in [6.45, 7) is 6.77. The SMILES string of the molecule is CCNc1cc(Nc2cc(C)ccc2OC)nc(C)n1. The van der Waals surface area contributed by atoms with Crippen LogP contribution in [-0.2, 0) is 0 Å². The smallest absolute Gasteiger partial charge is 0.142 e. The molecule has 0 saturated heterocycles. The average molecular weight is 272 g/mol. The number of methoxy groups -OCH3 is 1. The maximum absolute atomic E-state index is 5.36. The lowest BCUT2D eigenvalue weighted by Gasteiger charge is -2.13. The normalized spacial score (nSPS) is 10.2. The summed E-state index contributed by atoms with van der Waals surface area (Å²) in [5.74, 6) is 3.07. The Hall–Kier alpha value is -2.30. The highest BCUT2D eigenvalue weighted by atomic mass is 16.5. The lowest BCUT2D eigenvalue weighted by atomic mass is 10.2. The molecule has 0 fully saturated rings. The zero-order chi connectivity index (χ0) is 14.5. The highest BCUT2D eigenvalue weighted by Crippen LogP contribution is 2.28. The monoisotopic (exact) mass is 272 g/mol. The van der Waals surface area contributed by atoms with Gasteiger partial charge in [-0.3, -0.25) is 0 Å². The molecular formula is C15H20N4O. The van der Waals surface area contributed by atoms with Crippen LogP contribution >= 0.6 is 0 Å². The first-order chi connectivity index (χ1) is 9.62. The van der Waals surface area contributed by atoms with Crippen LogP contribution in [0.3, 0.4) is 0 Å². The maximum atomic E-state index is 5.36. The molecule has 5 nitrogen and oxygen atoms in total. The van der Waals surface area contributed by atoms with Gasteiger partial charge in [-0.15, -0.1) is 0 Å². The number of aromatic nitrogens is 2. The Morgan fingerprint density at radius 3 is 2.55 bits per heavy atom. The first kappa shape index (κ1) is 14.1. The van der Waals surface area contributed by atoms with Gasteiger partial charge in [-0.25, -0.2) is 9.97 Å². The van der Waals surface area contributed by atoms with E-state index in [-0.39, 0.29) is 0 Å². The molecule has 0 radical (unpaired) electrons. The van der Waals surface area contributed by atoms with Gasteiger partial charge in [0, 0.05) is 12.6 Å². The van der Waals surface area contributed by atoms with Gasteiger partial charge in [0.15, 0.2) is 0 Å². The second-order valence-electron chi connectivity index (χ2n) is 4.54. The van der Waals surface area contributed by atoms with Crippen LogP contribution in [0.25, 0.3) is 0 Å². The summed E-state index contributed by atoms with van der Waals surface area (Å²) in [5, 5.41) is 6.48. The van der Waals surface area contributed by atoms with Crippen molar-refractivity contribution in [2.24, 2.45) is 0 Å². The van der Waals surface area contributed by atoms with Gasteiger partial charge in [0.25, 0.3) is 0 Å². The maximum Gasteiger partial charge on any atom is 0.142 e. The molecule has 1 aromatic heterocycles. The fourth-order valence-electron chi connectivity index (χ4n) is 1.96. The second-order valence-corrected chi connectivity index (χ2v) is 4.54. The summed E-state index contributed by atoms with van der Waals surface area (Å²) < 4.78 is 5.36. The molecule has 0 spiro atoms. The Morgan fingerprint density at radius 1 is 1.10 bits per heavy atom. The summed E-state index contributed by atoms with van der Waals surface area (Å²) in [6, 6.07) is 7.87. The van der Waals surface area contributed by atoms with Crippen molar-refractivity contribution in [2.75, 3.05) is 24.3 Å². The van der Waals surface area contributed by atoms with Crippen molar-refractivity contribution in [3.63, 3.8) is 0 Å². The predicted molar refractivity (Wildman–Crippen MR) is 81.9 cm³/mol. The molecule has 0 saturated carbocycles. The third kappa shape index (κ3) is 3.38. The minimum absolute atomic E-state index is 0.720. The Kier molecular flexibility index (Phi) is 4.40. The van der Waals surface area contributed by atoms with Crippen molar-refractivity contribution in [2.45, 2.75) is 20.8 Å². The van der Waals surface area contributed by atoms with Gasteiger partial charge in [-0.2, -0.15) is 0 Å². The van der Waals surface area contributed by atoms with E-state index < -0.39 is 0 Å². The molecule has 0 bridgehead atoms. The van der Waals surface area contributed by atoms with Gasteiger partial charge in [0.05, 0.1) is 12.8 Å². The Labute approximate surface area is 119 Å². The third-order valence-electron chi connectivity index (χ3n) is 2.81. The van der Waals surface area contributed by atoms with Gasteiger partial charge in [0.2, 0.25) is 0 Å². The van der Waals surface area contributed by atoms with E-state index in [4.69, 9.17) is 4.74 Å². The summed E-state index contributed by atoms with van der Waals surface area (Å²) >= 11 is 0. The van der Waals surface area contributed by atoms with Crippen LogP contribution < -0.4 is 15.4 Å². The number of nitrogens with one attached hydrogen (secondary N) is 2. The van der Waals surface area contributed by atoms with Crippen molar-refractivity contribution in [1.82, 2.24) is 9.97 Å². The van der Waals surface area contributed by atoms with E-state index in [9.17, 15) is 0 Å². The van der Waals surface area contributed by atoms with Crippen LogP contribution in [0, 0.1) is 13.8 Å². The first-order valence-electron chi connectivity index (χ1n) is 6.63. The molecule has 2 aromatic rings. The summed E-state index contributed by atoms with van der Waals surface area (Å²) in [7, 11) is 1.66. The minimum atomic E-state index is 0.720. The molecule has 0 aliphatic carbocycles. The van der Waals surface area contributed by atoms with Crippen molar-refractivity contribution < 1.29 is 4.74 Å². The largest absolute Gasteiger partial charge is 0.495 e. The Morgan fingerprint density at radius 2 is 1.85 bits per heavy atom. The number of anilines is 3. The number of hydrogen-bond donors (Lipinski definition) is 2. The van der Waals surface area contributed by atoms with E-state index in [1.165, 1.54) is 0 Å². The zero-order valence-corrected chi connectivity index (χ0v) is 12.3. The Balaban J connectivity index is 2.31. The fraction of sp³-hybridized carbons (Fsp3) is 0.333. The van der Waals surface area contributed by atoms with Crippen molar-refractivity contribution in [3.8, 4) is 5.75 Å². The van der Waals surface area contributed by atoms with Crippen LogP contribution in [0.5, 0.6) is 5.75 Å². The van der Waals surface area contributed by atoms with Gasteiger partial charge in [-0.05, 0) is 38.5 Å². The molecule has 2 N–H and O–H groups in total. The summed E-state index contributed by atoms with van der Waals surface area (Å²) in [6.07, 6.45) is 0. The molecule has 0 amide bonds. The lowest BCUT2D eigenvalue weighted by Crippen LogP contribution is -2.04. The highest BCUT2D eigenvalue weighted by molar-refractivity contribution is 5.66. The van der Waals surface area contributed by atoms with Crippen molar-refractivity contribution in [3.05, 3.63) is 35.7 Å². The summed E-state index contributed by atoms with van der Waals surface area (Å²) in [4.78, 5) is 8.73. The molecule has 0 aliphatic rings. The molecule has 1 heterocycles. The molecule has 0 unspecified atom stereocenters. The van der Waals surface area contributed by atoms with Crippen LogP contribution in [0.15, 0.2) is 24.3 Å². The molecule has 5 heteroatoms. The molecule has 106 valence electrons. The van der Waals surface area contributed by atoms with Crippen molar-refractivity contribution in [1.29, 1.82) is 0 Å². The van der Waals surface area contributed by atoms with Crippen LogP contribution in [0.4, 0.5) is 17.3 Å². The van der Waals surface area contributed by atoms with Gasteiger partial charge < -0.3 is 15.4 Å². The van der Waals surface area contributed by atoms with E-state index in [1.807, 2.05) is 45.0 Å². The van der Waals surface area contributed by atoms with E-state index in [1.54, 1.807) is 7.11 Å². The van der Waals surface area contributed by atoms with E-state index in [2.05, 4.69) is 20.6 Å². The Bertz CT molecular complexity index is 598. The van der Waals surface area contributed by atoms with Gasteiger partial charge in [0.1, 0.15) is 23.2 Å². The van der Waals surface area contributed by atoms with E-state index in [0.29, 0.717) is 0 Å². The van der Waals surface area contributed by atoms with Crippen molar-refractivity contribution >= 4 is 17.3 Å². The van der Waals surface area contributed by atoms with Crippen LogP contribution in [-0.4, -0.2) is 23.6 Å². The minimum Gasteiger partial charge on any atom is -0.495 e. The number of rotatable bonds is 5. The molecule has 0 aliphatic heterocycles. The highest BCUT2D eigenvalue weighted by Gasteiger charge is 2.06. The fourth-order valence-corrected chi connectivity index (χ4v) is 1.96. The number of hydrogen-bond acceptors (Lipinski definition) is 5. The number of nitrogens with zero attached hydrogens (tertiary/aromatic N) is 2. The summed E-state index contributed by atoms with van der Waals surface area (Å²) in [5.41, 5.74) is 2.05. The number of aryl methyl sites for hydroxylation is 2. The quantitative estimate of drug-likeness (QED) is 0.874. The number of benzene rings is 1. The predicted octanol–water partition coefficient (Wildman–Crippen LogP) is 3.28. The average Bonchev–Trinajstić information content (AvgIpc) is 2.38. The third-order valence-corrected chi connectivity index (χ3v) is 2.81. The molecular weight excluding hydrogens is 252 g/mol. The lowest BCUT2D eigenvalue weighted by molar-refractivity contribution is 0.416. The van der Waals surface area contributed by atoms with Gasteiger partial charge >= 0.3 is 0 Å². The molecule has 2 rings (SSSR count). The zero-order valence-electron chi connectivity index (χ0n) is 12.3. The second kappa shape index (κ2) is 6.23. The molecule has 20 heavy (non-hydrogen) atoms. The van der Waals surface area contributed by atoms with Crippen LogP contribution in [0.2, 0.25) is 0 Å². The molecule has 0 atom stereocenters. The topological polar surface area (TPSA) is 59.1 Å². The van der Waals surface area contributed by atoms with Crippen LogP contribution in [0.1, 0.15) is 18.3 Å². The van der Waals surface area contributed by atoms with E-state index in [0.717, 1.165) is 41.0 Å². The van der Waals surface area contributed by atoms with E-state index >= 15 is 0 Å². The molecule has 1 aromatic carbocycles. The first-order valence-corrected chi connectivity index (χ1v) is 6.63.